The fourth-order valence-corrected chi connectivity index (χ4v) is 3.76. The molecule has 0 aliphatic rings. The minimum atomic E-state index is -0.264. The van der Waals surface area contributed by atoms with Crippen molar-refractivity contribution >= 4 is 57.5 Å². The average molecular weight is 391 g/mol. The summed E-state index contributed by atoms with van der Waals surface area (Å²) in [5.41, 5.74) is 1.48. The summed E-state index contributed by atoms with van der Waals surface area (Å²) < 4.78 is 0. The number of hydrogen-bond acceptors (Lipinski definition) is 3. The highest BCUT2D eigenvalue weighted by atomic mass is 35.5. The van der Waals surface area contributed by atoms with Crippen LogP contribution in [-0.4, -0.2) is 16.1 Å². The number of aromatic nitrogens is 1. The summed E-state index contributed by atoms with van der Waals surface area (Å²) in [5.74, 6) is -0.105. The molecule has 0 saturated carbocycles. The van der Waals surface area contributed by atoms with Gasteiger partial charge in [-0.2, -0.15) is 0 Å². The lowest BCUT2D eigenvalue weighted by molar-refractivity contribution is -0.115. The number of para-hydroxylation sites is 1. The SMILES string of the molecule is CCC(Sc1ccc2ccccc2n1)C(=O)Nc1ccc(Cl)cc1Cl. The van der Waals surface area contributed by atoms with Crippen LogP contribution in [0.2, 0.25) is 10.0 Å². The molecule has 0 aliphatic carbocycles. The molecule has 25 heavy (non-hydrogen) atoms. The van der Waals surface area contributed by atoms with E-state index in [9.17, 15) is 4.79 Å². The van der Waals surface area contributed by atoms with E-state index in [0.717, 1.165) is 15.9 Å². The van der Waals surface area contributed by atoms with Gasteiger partial charge >= 0.3 is 0 Å². The third kappa shape index (κ3) is 4.46. The summed E-state index contributed by atoms with van der Waals surface area (Å²) in [6, 6.07) is 16.9. The molecule has 1 amide bonds. The van der Waals surface area contributed by atoms with Crippen LogP contribution in [-0.2, 0) is 4.79 Å². The standard InChI is InChI=1S/C19H16Cl2N2OS/c1-2-17(19(24)23-16-9-8-13(20)11-14(16)21)25-18-10-7-12-5-3-4-6-15(12)22-18/h3-11,17H,2H2,1H3,(H,23,24). The van der Waals surface area contributed by atoms with Crippen LogP contribution in [0.1, 0.15) is 13.3 Å². The third-order valence-corrected chi connectivity index (χ3v) is 5.54. The Morgan fingerprint density at radius 1 is 1.16 bits per heavy atom. The molecule has 3 rings (SSSR count). The van der Waals surface area contributed by atoms with E-state index in [2.05, 4.69) is 10.3 Å². The zero-order valence-corrected chi connectivity index (χ0v) is 15.8. The maximum absolute atomic E-state index is 12.6. The molecule has 6 heteroatoms. The Kier molecular flexibility index (Phi) is 5.84. The number of nitrogens with zero attached hydrogens (tertiary/aromatic N) is 1. The topological polar surface area (TPSA) is 42.0 Å². The van der Waals surface area contributed by atoms with Crippen LogP contribution in [0.3, 0.4) is 0 Å². The van der Waals surface area contributed by atoms with Gasteiger partial charge in [-0.25, -0.2) is 4.98 Å². The van der Waals surface area contributed by atoms with Crippen molar-refractivity contribution in [3.63, 3.8) is 0 Å². The molecule has 3 nitrogen and oxygen atoms in total. The number of benzene rings is 2. The Morgan fingerprint density at radius 3 is 2.72 bits per heavy atom. The second kappa shape index (κ2) is 8.09. The van der Waals surface area contributed by atoms with Crippen molar-refractivity contribution < 1.29 is 4.79 Å². The molecule has 0 radical (unpaired) electrons. The van der Waals surface area contributed by atoms with Crippen LogP contribution in [0.5, 0.6) is 0 Å². The Labute approximate surface area is 160 Å². The van der Waals surface area contributed by atoms with E-state index >= 15 is 0 Å². The van der Waals surface area contributed by atoms with Crippen LogP contribution in [0.25, 0.3) is 10.9 Å². The number of rotatable bonds is 5. The molecular formula is C19H16Cl2N2OS. The lowest BCUT2D eigenvalue weighted by Gasteiger charge is -2.15. The molecule has 0 bridgehead atoms. The van der Waals surface area contributed by atoms with E-state index in [1.165, 1.54) is 11.8 Å². The fourth-order valence-electron chi connectivity index (χ4n) is 2.39. The Bertz CT molecular complexity index is 917. The van der Waals surface area contributed by atoms with E-state index in [0.29, 0.717) is 22.2 Å². The van der Waals surface area contributed by atoms with E-state index in [1.807, 2.05) is 43.3 Å². The number of hydrogen-bond donors (Lipinski definition) is 1. The van der Waals surface area contributed by atoms with Gasteiger partial charge in [0.2, 0.25) is 5.91 Å². The van der Waals surface area contributed by atoms with Gasteiger partial charge in [0.15, 0.2) is 0 Å². The molecule has 1 aromatic heterocycles. The summed E-state index contributed by atoms with van der Waals surface area (Å²) in [6.45, 7) is 1.97. The number of carbonyl (C=O) groups excluding carboxylic acids is 1. The van der Waals surface area contributed by atoms with Gasteiger partial charge in [-0.15, -0.1) is 0 Å². The van der Waals surface area contributed by atoms with Crippen molar-refractivity contribution in [2.45, 2.75) is 23.6 Å². The fraction of sp³-hybridized carbons (Fsp3) is 0.158. The maximum Gasteiger partial charge on any atom is 0.237 e. The number of nitrogens with one attached hydrogen (secondary N) is 1. The largest absolute Gasteiger partial charge is 0.324 e. The summed E-state index contributed by atoms with van der Waals surface area (Å²) >= 11 is 13.5. The quantitative estimate of drug-likeness (QED) is 0.538. The van der Waals surface area contributed by atoms with Crippen molar-refractivity contribution in [3.05, 3.63) is 64.6 Å². The highest BCUT2D eigenvalue weighted by Crippen LogP contribution is 2.29. The van der Waals surface area contributed by atoms with Gasteiger partial charge in [-0.1, -0.05) is 66.2 Å². The van der Waals surface area contributed by atoms with Gasteiger partial charge in [0.25, 0.3) is 0 Å². The first kappa shape index (κ1) is 18.1. The lowest BCUT2D eigenvalue weighted by Crippen LogP contribution is -2.24. The molecule has 0 aliphatic heterocycles. The van der Waals surface area contributed by atoms with Crippen LogP contribution < -0.4 is 5.32 Å². The average Bonchev–Trinajstić information content (AvgIpc) is 2.61. The molecule has 1 N–H and O–H groups in total. The number of carbonyl (C=O) groups is 1. The molecule has 1 unspecified atom stereocenters. The normalized spacial score (nSPS) is 12.1. The van der Waals surface area contributed by atoms with Crippen molar-refractivity contribution in [2.24, 2.45) is 0 Å². The van der Waals surface area contributed by atoms with Crippen molar-refractivity contribution in [1.82, 2.24) is 4.98 Å². The predicted molar refractivity (Wildman–Crippen MR) is 107 cm³/mol. The summed E-state index contributed by atoms with van der Waals surface area (Å²) in [4.78, 5) is 17.2. The van der Waals surface area contributed by atoms with Gasteiger partial charge in [0, 0.05) is 10.4 Å². The van der Waals surface area contributed by atoms with Gasteiger partial charge < -0.3 is 5.32 Å². The molecule has 2 aromatic carbocycles. The smallest absolute Gasteiger partial charge is 0.237 e. The Hall–Kier alpha value is -1.75. The van der Waals surface area contributed by atoms with E-state index < -0.39 is 0 Å². The molecular weight excluding hydrogens is 375 g/mol. The van der Waals surface area contributed by atoms with Gasteiger partial charge in [0.1, 0.15) is 0 Å². The number of fused-ring (bicyclic) bond motifs is 1. The Morgan fingerprint density at radius 2 is 1.96 bits per heavy atom. The van der Waals surface area contributed by atoms with Gasteiger partial charge in [-0.05, 0) is 36.8 Å². The minimum Gasteiger partial charge on any atom is -0.324 e. The van der Waals surface area contributed by atoms with Crippen molar-refractivity contribution in [1.29, 1.82) is 0 Å². The number of anilines is 1. The molecule has 0 fully saturated rings. The van der Waals surface area contributed by atoms with E-state index in [-0.39, 0.29) is 11.2 Å². The highest BCUT2D eigenvalue weighted by molar-refractivity contribution is 8.00. The minimum absolute atomic E-state index is 0.105. The number of amides is 1. The summed E-state index contributed by atoms with van der Waals surface area (Å²) in [6.07, 6.45) is 0.677. The first-order chi connectivity index (χ1) is 12.1. The second-order valence-corrected chi connectivity index (χ2v) is 7.54. The number of thioether (sulfide) groups is 1. The van der Waals surface area contributed by atoms with E-state index in [4.69, 9.17) is 23.2 Å². The van der Waals surface area contributed by atoms with Gasteiger partial charge in [0.05, 0.1) is 26.5 Å². The van der Waals surface area contributed by atoms with E-state index in [1.54, 1.807) is 18.2 Å². The molecule has 1 heterocycles. The lowest BCUT2D eigenvalue weighted by atomic mass is 10.2. The molecule has 0 spiro atoms. The van der Waals surface area contributed by atoms with Gasteiger partial charge in [-0.3, -0.25) is 4.79 Å². The number of halogens is 2. The maximum atomic E-state index is 12.6. The molecule has 128 valence electrons. The van der Waals surface area contributed by atoms with Crippen molar-refractivity contribution in [2.75, 3.05) is 5.32 Å². The highest BCUT2D eigenvalue weighted by Gasteiger charge is 2.19. The zero-order valence-electron chi connectivity index (χ0n) is 13.5. The monoisotopic (exact) mass is 390 g/mol. The first-order valence-corrected chi connectivity index (χ1v) is 9.48. The third-order valence-electron chi connectivity index (χ3n) is 3.69. The molecule has 0 saturated heterocycles. The zero-order chi connectivity index (χ0) is 17.8. The molecule has 3 aromatic rings. The van der Waals surface area contributed by atoms with Crippen LogP contribution >= 0.6 is 35.0 Å². The predicted octanol–water partition coefficient (Wildman–Crippen LogP) is 6.05. The van der Waals surface area contributed by atoms with Crippen LogP contribution in [0, 0.1) is 0 Å². The second-order valence-electron chi connectivity index (χ2n) is 5.47. The first-order valence-electron chi connectivity index (χ1n) is 7.85. The van der Waals surface area contributed by atoms with Crippen molar-refractivity contribution in [3.8, 4) is 0 Å². The molecule has 1 atom stereocenters. The summed E-state index contributed by atoms with van der Waals surface area (Å²) in [7, 11) is 0. The van der Waals surface area contributed by atoms with Crippen LogP contribution in [0.4, 0.5) is 5.69 Å². The number of pyridine rings is 1. The Balaban J connectivity index is 1.75. The van der Waals surface area contributed by atoms with Crippen LogP contribution in [0.15, 0.2) is 59.6 Å². The summed E-state index contributed by atoms with van der Waals surface area (Å²) in [5, 5.41) is 5.46.